The van der Waals surface area contributed by atoms with Gasteiger partial charge in [-0.2, -0.15) is 19.6 Å². The van der Waals surface area contributed by atoms with Crippen molar-refractivity contribution in [3.63, 3.8) is 0 Å². The second-order valence-electron chi connectivity index (χ2n) is 5.38. The molecule has 2 aromatic heterocycles. The van der Waals surface area contributed by atoms with Crippen molar-refractivity contribution in [3.8, 4) is 0 Å². The fourth-order valence-corrected chi connectivity index (χ4v) is 3.59. The average molecular weight is 280 g/mol. The molecule has 1 saturated heterocycles. The molecule has 6 nitrogen and oxygen atoms in total. The van der Waals surface area contributed by atoms with E-state index in [1.165, 1.54) is 6.33 Å². The lowest BCUT2D eigenvalue weighted by atomic mass is 10.00. The number of fused-ring (bicyclic) bond motifs is 2. The van der Waals surface area contributed by atoms with Crippen molar-refractivity contribution in [1.82, 2.24) is 19.6 Å². The van der Waals surface area contributed by atoms with Gasteiger partial charge in [-0.25, -0.2) is 0 Å². The Labute approximate surface area is 115 Å². The van der Waals surface area contributed by atoms with E-state index in [1.807, 2.05) is 6.07 Å². The van der Waals surface area contributed by atoms with Gasteiger partial charge in [0.05, 0.1) is 6.10 Å². The summed E-state index contributed by atoms with van der Waals surface area (Å²) >= 11 is 6.04. The lowest BCUT2D eigenvalue weighted by molar-refractivity contribution is 0.133. The quantitative estimate of drug-likeness (QED) is 0.789. The predicted molar refractivity (Wildman–Crippen MR) is 70.2 cm³/mol. The van der Waals surface area contributed by atoms with E-state index < -0.39 is 0 Å². The zero-order chi connectivity index (χ0) is 13.0. The first-order valence-electron chi connectivity index (χ1n) is 6.51. The van der Waals surface area contributed by atoms with Gasteiger partial charge in [0.1, 0.15) is 17.3 Å². The molecule has 2 fully saturated rings. The molecule has 0 radical (unpaired) electrons. The Balaban J connectivity index is 1.74. The van der Waals surface area contributed by atoms with Crippen LogP contribution >= 0.6 is 11.6 Å². The minimum absolute atomic E-state index is 0.168. The summed E-state index contributed by atoms with van der Waals surface area (Å²) in [6.45, 7) is 1.79. The van der Waals surface area contributed by atoms with E-state index in [2.05, 4.69) is 20.0 Å². The minimum atomic E-state index is -0.168. The van der Waals surface area contributed by atoms with E-state index in [4.69, 9.17) is 11.6 Å². The van der Waals surface area contributed by atoms with Crippen LogP contribution in [0.4, 0.5) is 5.82 Å². The number of anilines is 1. The smallest absolute Gasteiger partial charge is 0.255 e. The molecule has 3 atom stereocenters. The van der Waals surface area contributed by atoms with E-state index in [-0.39, 0.29) is 6.10 Å². The molecule has 1 aliphatic heterocycles. The maximum Gasteiger partial charge on any atom is 0.255 e. The minimum Gasteiger partial charge on any atom is -0.393 e. The van der Waals surface area contributed by atoms with Crippen LogP contribution in [0, 0.1) is 11.8 Å². The maximum atomic E-state index is 9.99. The highest BCUT2D eigenvalue weighted by atomic mass is 35.5. The zero-order valence-corrected chi connectivity index (χ0v) is 11.0. The first-order valence-corrected chi connectivity index (χ1v) is 6.89. The molecule has 7 heteroatoms. The summed E-state index contributed by atoms with van der Waals surface area (Å²) < 4.78 is 1.71. The van der Waals surface area contributed by atoms with Crippen molar-refractivity contribution in [2.24, 2.45) is 11.8 Å². The van der Waals surface area contributed by atoms with Crippen molar-refractivity contribution < 1.29 is 5.11 Å². The Bertz CT molecular complexity index is 630. The number of halogens is 1. The third-order valence-electron chi connectivity index (χ3n) is 4.34. The Morgan fingerprint density at radius 3 is 3.05 bits per heavy atom. The molecule has 2 aliphatic rings. The van der Waals surface area contributed by atoms with Gasteiger partial charge in [-0.05, 0) is 18.8 Å². The van der Waals surface area contributed by atoms with E-state index >= 15 is 0 Å². The van der Waals surface area contributed by atoms with Crippen molar-refractivity contribution in [2.75, 3.05) is 18.0 Å². The molecular formula is C12H14ClN5O. The number of aliphatic hydroxyl groups is 1. The van der Waals surface area contributed by atoms with Gasteiger partial charge in [0, 0.05) is 25.1 Å². The monoisotopic (exact) mass is 279 g/mol. The van der Waals surface area contributed by atoms with Crippen LogP contribution < -0.4 is 4.90 Å². The average Bonchev–Trinajstić information content (AvgIpc) is 3.05. The van der Waals surface area contributed by atoms with Crippen LogP contribution in [0.1, 0.15) is 12.8 Å². The van der Waals surface area contributed by atoms with Crippen molar-refractivity contribution in [2.45, 2.75) is 18.9 Å². The van der Waals surface area contributed by atoms with Crippen LogP contribution in [0.5, 0.6) is 0 Å². The Morgan fingerprint density at radius 1 is 1.32 bits per heavy atom. The molecule has 0 bridgehead atoms. The van der Waals surface area contributed by atoms with Gasteiger partial charge in [-0.15, -0.1) is 0 Å². The summed E-state index contributed by atoms with van der Waals surface area (Å²) in [6, 6.07) is 1.82. The molecule has 0 spiro atoms. The molecular weight excluding hydrogens is 266 g/mol. The first-order chi connectivity index (χ1) is 9.22. The van der Waals surface area contributed by atoms with Crippen LogP contribution in [0.3, 0.4) is 0 Å². The molecule has 100 valence electrons. The summed E-state index contributed by atoms with van der Waals surface area (Å²) in [7, 11) is 0. The van der Waals surface area contributed by atoms with E-state index in [0.717, 1.165) is 31.7 Å². The Hall–Kier alpha value is -1.40. The molecule has 1 aliphatic carbocycles. The third kappa shape index (κ3) is 1.70. The molecule has 0 amide bonds. The molecule has 4 rings (SSSR count). The number of hydrogen-bond donors (Lipinski definition) is 1. The Morgan fingerprint density at radius 2 is 2.21 bits per heavy atom. The lowest BCUT2D eigenvalue weighted by Gasteiger charge is -2.20. The number of aliphatic hydroxyl groups excluding tert-OH is 1. The number of rotatable bonds is 1. The molecule has 1 saturated carbocycles. The van der Waals surface area contributed by atoms with Gasteiger partial charge in [-0.3, -0.25) is 0 Å². The van der Waals surface area contributed by atoms with Crippen molar-refractivity contribution in [1.29, 1.82) is 0 Å². The SMILES string of the molecule is OC1CCC2CN(c3cc(Cl)nc4ncnn34)CC12. The molecule has 2 aromatic rings. The summed E-state index contributed by atoms with van der Waals surface area (Å²) in [6.07, 6.45) is 3.34. The summed E-state index contributed by atoms with van der Waals surface area (Å²) in [5.41, 5.74) is 0. The Kier molecular flexibility index (Phi) is 2.43. The van der Waals surface area contributed by atoms with E-state index in [0.29, 0.717) is 22.8 Å². The molecule has 3 heterocycles. The number of nitrogens with zero attached hydrogens (tertiary/aromatic N) is 5. The predicted octanol–water partition coefficient (Wildman–Crippen LogP) is 0.985. The van der Waals surface area contributed by atoms with Gasteiger partial charge in [-0.1, -0.05) is 11.6 Å². The maximum absolute atomic E-state index is 9.99. The fraction of sp³-hybridized carbons (Fsp3) is 0.583. The summed E-state index contributed by atoms with van der Waals surface area (Å²) in [4.78, 5) is 10.4. The van der Waals surface area contributed by atoms with Crippen LogP contribution in [0.25, 0.3) is 5.78 Å². The van der Waals surface area contributed by atoms with Gasteiger partial charge in [0.25, 0.3) is 5.78 Å². The largest absolute Gasteiger partial charge is 0.393 e. The first kappa shape index (κ1) is 11.4. The normalized spacial score (nSPS) is 30.2. The molecule has 0 aromatic carbocycles. The van der Waals surface area contributed by atoms with Gasteiger partial charge in [0.2, 0.25) is 0 Å². The summed E-state index contributed by atoms with van der Waals surface area (Å²) in [5, 5.41) is 14.6. The number of hydrogen-bond acceptors (Lipinski definition) is 5. The summed E-state index contributed by atoms with van der Waals surface area (Å²) in [5.74, 6) is 2.36. The van der Waals surface area contributed by atoms with E-state index in [1.54, 1.807) is 4.52 Å². The second kappa shape index (κ2) is 4.05. The van der Waals surface area contributed by atoms with Crippen LogP contribution in [0.15, 0.2) is 12.4 Å². The van der Waals surface area contributed by atoms with Gasteiger partial charge >= 0.3 is 0 Å². The highest BCUT2D eigenvalue weighted by Gasteiger charge is 2.42. The van der Waals surface area contributed by atoms with E-state index in [9.17, 15) is 5.11 Å². The standard InChI is InChI=1S/C12H14ClN5O/c13-10-3-11(18-12(16-10)14-6-15-18)17-4-7-1-2-9(19)8(7)5-17/h3,6-9,19H,1-2,4-5H2. The van der Waals surface area contributed by atoms with Crippen molar-refractivity contribution in [3.05, 3.63) is 17.5 Å². The van der Waals surface area contributed by atoms with Crippen LogP contribution in [-0.2, 0) is 0 Å². The lowest BCUT2D eigenvalue weighted by Crippen LogP contribution is -2.26. The third-order valence-corrected chi connectivity index (χ3v) is 4.54. The zero-order valence-electron chi connectivity index (χ0n) is 10.3. The molecule has 1 N–H and O–H groups in total. The number of aromatic nitrogens is 4. The van der Waals surface area contributed by atoms with Crippen LogP contribution in [-0.4, -0.2) is 43.9 Å². The fourth-order valence-electron chi connectivity index (χ4n) is 3.42. The highest BCUT2D eigenvalue weighted by molar-refractivity contribution is 6.29. The van der Waals surface area contributed by atoms with Gasteiger partial charge < -0.3 is 10.0 Å². The van der Waals surface area contributed by atoms with Gasteiger partial charge in [0.15, 0.2) is 0 Å². The van der Waals surface area contributed by atoms with Crippen molar-refractivity contribution >= 4 is 23.2 Å². The highest BCUT2D eigenvalue weighted by Crippen LogP contribution is 2.39. The topological polar surface area (TPSA) is 66.5 Å². The van der Waals surface area contributed by atoms with Crippen LogP contribution in [0.2, 0.25) is 5.15 Å². The molecule has 19 heavy (non-hydrogen) atoms. The second-order valence-corrected chi connectivity index (χ2v) is 5.77. The molecule has 3 unspecified atom stereocenters.